The van der Waals surface area contributed by atoms with Gasteiger partial charge >= 0.3 is 6.18 Å². The average molecular weight is 374 g/mol. The Balaban J connectivity index is 1.81. The lowest BCUT2D eigenvalue weighted by Crippen LogP contribution is -2.42. The molecule has 3 heterocycles. The van der Waals surface area contributed by atoms with E-state index in [0.717, 1.165) is 4.90 Å². The second-order valence-electron chi connectivity index (χ2n) is 5.60. The normalized spacial score (nSPS) is 15.3. The van der Waals surface area contributed by atoms with E-state index in [-0.39, 0.29) is 18.5 Å². The van der Waals surface area contributed by atoms with Gasteiger partial charge in [-0.3, -0.25) is 9.78 Å². The monoisotopic (exact) mass is 374 g/mol. The third-order valence-electron chi connectivity index (χ3n) is 3.57. The smallest absolute Gasteiger partial charge is 0.324 e. The molecule has 0 N–H and O–H groups in total. The van der Waals surface area contributed by atoms with Gasteiger partial charge in [-0.2, -0.15) is 18.3 Å². The van der Waals surface area contributed by atoms with E-state index < -0.39 is 33.6 Å². The van der Waals surface area contributed by atoms with Crippen LogP contribution >= 0.6 is 0 Å². The van der Waals surface area contributed by atoms with E-state index in [0.29, 0.717) is 11.4 Å². The van der Waals surface area contributed by atoms with E-state index in [9.17, 15) is 26.4 Å². The Bertz CT molecular complexity index is 894. The number of alkyl halides is 3. The molecule has 0 spiro atoms. The number of hydrogen-bond donors (Lipinski definition) is 0. The zero-order valence-corrected chi connectivity index (χ0v) is 13.6. The van der Waals surface area contributed by atoms with Crippen LogP contribution in [0.25, 0.3) is 5.69 Å². The van der Waals surface area contributed by atoms with Gasteiger partial charge in [-0.05, 0) is 12.1 Å². The Kier molecular flexibility index (Phi) is 4.27. The predicted octanol–water partition coefficient (Wildman–Crippen LogP) is 1.20. The summed E-state index contributed by atoms with van der Waals surface area (Å²) in [5.74, 6) is -3.57. The molecule has 134 valence electrons. The minimum Gasteiger partial charge on any atom is -0.324 e. The summed E-state index contributed by atoms with van der Waals surface area (Å²) in [6, 6.07) is 3.41. The largest absolute Gasteiger partial charge is 0.402 e. The molecule has 0 saturated heterocycles. The van der Waals surface area contributed by atoms with Crippen molar-refractivity contribution >= 4 is 15.7 Å². The predicted molar refractivity (Wildman–Crippen MR) is 80.8 cm³/mol. The SMILES string of the molecule is O=C1c2cn(-c3cccnc3)nc2CCN1CS(=O)(=O)CC(F)(F)F. The minimum atomic E-state index is -4.84. The van der Waals surface area contributed by atoms with Crippen LogP contribution in [0.4, 0.5) is 13.2 Å². The van der Waals surface area contributed by atoms with Gasteiger partial charge in [-0.25, -0.2) is 13.1 Å². The quantitative estimate of drug-likeness (QED) is 0.803. The number of carbonyl (C=O) groups excluding carboxylic acids is 1. The molecule has 0 saturated carbocycles. The molecule has 1 aliphatic rings. The van der Waals surface area contributed by atoms with Gasteiger partial charge in [0.05, 0.1) is 23.1 Å². The van der Waals surface area contributed by atoms with Crippen LogP contribution in [-0.2, 0) is 16.3 Å². The first kappa shape index (κ1) is 17.4. The molecular formula is C14H13F3N4O3S. The number of pyridine rings is 1. The molecule has 0 fully saturated rings. The summed E-state index contributed by atoms with van der Waals surface area (Å²) in [6.45, 7) is -0.00697. The number of sulfone groups is 1. The number of fused-ring (bicyclic) bond motifs is 1. The molecular weight excluding hydrogens is 361 g/mol. The van der Waals surface area contributed by atoms with Gasteiger partial charge in [-0.1, -0.05) is 0 Å². The summed E-state index contributed by atoms with van der Waals surface area (Å²) in [4.78, 5) is 17.3. The molecule has 0 unspecified atom stereocenters. The van der Waals surface area contributed by atoms with Crippen molar-refractivity contribution in [2.45, 2.75) is 12.6 Å². The Morgan fingerprint density at radius 3 is 2.68 bits per heavy atom. The Labute approximate surface area is 141 Å². The molecule has 1 amide bonds. The summed E-state index contributed by atoms with van der Waals surface area (Å²) in [6.07, 6.45) is -0.0408. The topological polar surface area (TPSA) is 85.2 Å². The fourth-order valence-electron chi connectivity index (χ4n) is 2.56. The third kappa shape index (κ3) is 3.98. The molecule has 2 aromatic heterocycles. The van der Waals surface area contributed by atoms with Crippen molar-refractivity contribution in [1.82, 2.24) is 19.7 Å². The Morgan fingerprint density at radius 1 is 1.28 bits per heavy atom. The van der Waals surface area contributed by atoms with Crippen LogP contribution in [0.3, 0.4) is 0 Å². The maximum absolute atomic E-state index is 12.4. The molecule has 0 radical (unpaired) electrons. The van der Waals surface area contributed by atoms with Gasteiger partial charge in [0.15, 0.2) is 9.84 Å². The van der Waals surface area contributed by atoms with E-state index in [1.807, 2.05) is 0 Å². The zero-order chi connectivity index (χ0) is 18.2. The van der Waals surface area contributed by atoms with Gasteiger partial charge in [0.2, 0.25) is 0 Å². The van der Waals surface area contributed by atoms with Gasteiger partial charge in [0, 0.05) is 25.4 Å². The molecule has 25 heavy (non-hydrogen) atoms. The molecule has 2 aromatic rings. The van der Waals surface area contributed by atoms with Crippen LogP contribution in [0.2, 0.25) is 0 Å². The van der Waals surface area contributed by atoms with Crippen LogP contribution in [0.1, 0.15) is 16.1 Å². The highest BCUT2D eigenvalue weighted by atomic mass is 32.2. The van der Waals surface area contributed by atoms with Crippen molar-refractivity contribution in [3.05, 3.63) is 42.0 Å². The first-order valence-corrected chi connectivity index (χ1v) is 9.02. The number of halogens is 3. The summed E-state index contributed by atoms with van der Waals surface area (Å²) >= 11 is 0. The molecule has 7 nitrogen and oxygen atoms in total. The van der Waals surface area contributed by atoms with Gasteiger partial charge in [0.25, 0.3) is 5.91 Å². The van der Waals surface area contributed by atoms with Crippen LogP contribution in [0.5, 0.6) is 0 Å². The second-order valence-corrected chi connectivity index (χ2v) is 7.63. The summed E-state index contributed by atoms with van der Waals surface area (Å²) < 4.78 is 61.7. The first-order chi connectivity index (χ1) is 11.6. The van der Waals surface area contributed by atoms with Crippen molar-refractivity contribution in [1.29, 1.82) is 0 Å². The second kappa shape index (κ2) is 6.14. The highest BCUT2D eigenvalue weighted by molar-refractivity contribution is 7.91. The fraction of sp³-hybridized carbons (Fsp3) is 0.357. The molecule has 0 bridgehead atoms. The van der Waals surface area contributed by atoms with E-state index in [4.69, 9.17) is 0 Å². The lowest BCUT2D eigenvalue weighted by molar-refractivity contribution is -0.106. The zero-order valence-electron chi connectivity index (χ0n) is 12.8. The lowest BCUT2D eigenvalue weighted by atomic mass is 10.1. The molecule has 1 aliphatic heterocycles. The van der Waals surface area contributed by atoms with E-state index >= 15 is 0 Å². The number of amides is 1. The average Bonchev–Trinajstić information content (AvgIpc) is 2.93. The molecule has 0 aliphatic carbocycles. The summed E-state index contributed by atoms with van der Waals surface area (Å²) in [5, 5.41) is 4.26. The maximum Gasteiger partial charge on any atom is 0.402 e. The molecule has 0 aromatic carbocycles. The van der Waals surface area contributed by atoms with Gasteiger partial charge in [-0.15, -0.1) is 0 Å². The van der Waals surface area contributed by atoms with Crippen LogP contribution in [-0.4, -0.2) is 58.3 Å². The van der Waals surface area contributed by atoms with E-state index in [2.05, 4.69) is 10.1 Å². The van der Waals surface area contributed by atoms with E-state index in [1.54, 1.807) is 18.3 Å². The standard InChI is InChI=1S/C14H13F3N4O3S/c15-14(16,17)8-25(23,24)9-20-5-3-12-11(13(20)22)7-21(19-12)10-2-1-4-18-6-10/h1-2,4,6-7H,3,5,8-9H2. The summed E-state index contributed by atoms with van der Waals surface area (Å²) in [5.41, 5.74) is 1.26. The molecule has 0 atom stereocenters. The van der Waals surface area contributed by atoms with E-state index in [1.165, 1.54) is 17.1 Å². The number of rotatable bonds is 4. The number of aromatic nitrogens is 3. The molecule has 3 rings (SSSR count). The number of nitrogens with zero attached hydrogens (tertiary/aromatic N) is 4. The fourth-order valence-corrected chi connectivity index (χ4v) is 3.87. The molecule has 11 heteroatoms. The van der Waals surface area contributed by atoms with Crippen LogP contribution < -0.4 is 0 Å². The maximum atomic E-state index is 12.4. The van der Waals surface area contributed by atoms with Crippen molar-refractivity contribution in [2.75, 3.05) is 18.2 Å². The minimum absolute atomic E-state index is 0.00697. The van der Waals surface area contributed by atoms with Crippen molar-refractivity contribution in [3.8, 4) is 5.69 Å². The summed E-state index contributed by atoms with van der Waals surface area (Å²) in [7, 11) is -4.48. The number of carbonyl (C=O) groups is 1. The van der Waals surface area contributed by atoms with Crippen molar-refractivity contribution in [2.24, 2.45) is 0 Å². The Morgan fingerprint density at radius 2 is 2.04 bits per heavy atom. The highest BCUT2D eigenvalue weighted by Gasteiger charge is 2.38. The third-order valence-corrected chi connectivity index (χ3v) is 5.05. The first-order valence-electron chi connectivity index (χ1n) is 7.20. The number of hydrogen-bond acceptors (Lipinski definition) is 5. The lowest BCUT2D eigenvalue weighted by Gasteiger charge is -2.25. The Hall–Kier alpha value is -2.43. The van der Waals surface area contributed by atoms with Gasteiger partial charge in [0.1, 0.15) is 11.6 Å². The van der Waals surface area contributed by atoms with Crippen molar-refractivity contribution < 1.29 is 26.4 Å². The van der Waals surface area contributed by atoms with Crippen LogP contribution in [0, 0.1) is 0 Å². The van der Waals surface area contributed by atoms with Crippen molar-refractivity contribution in [3.63, 3.8) is 0 Å². The van der Waals surface area contributed by atoms with Gasteiger partial charge < -0.3 is 4.90 Å². The van der Waals surface area contributed by atoms with Crippen LogP contribution in [0.15, 0.2) is 30.7 Å². The highest BCUT2D eigenvalue weighted by Crippen LogP contribution is 2.22.